The molecule has 0 radical (unpaired) electrons. The van der Waals surface area contributed by atoms with Crippen molar-refractivity contribution in [2.75, 3.05) is 7.11 Å². The van der Waals surface area contributed by atoms with Crippen LogP contribution in [0.5, 0.6) is 0 Å². The predicted octanol–water partition coefficient (Wildman–Crippen LogP) is 3.30. The van der Waals surface area contributed by atoms with Gasteiger partial charge in [-0.2, -0.15) is 0 Å². The first-order valence-corrected chi connectivity index (χ1v) is 9.66. The molecular weight excluding hydrogens is 314 g/mol. The smallest absolute Gasteiger partial charge is 0.322 e. The molecule has 8 heteroatoms. The first kappa shape index (κ1) is 16.9. The Morgan fingerprint density at radius 1 is 1.29 bits per heavy atom. The van der Waals surface area contributed by atoms with E-state index in [0.29, 0.717) is 5.56 Å². The van der Waals surface area contributed by atoms with Crippen LogP contribution in [-0.2, 0) is 23.3 Å². The first-order chi connectivity index (χ1) is 9.53. The fourth-order valence-electron chi connectivity index (χ4n) is 2.89. The van der Waals surface area contributed by atoms with Crippen LogP contribution in [0.1, 0.15) is 26.3 Å². The molecule has 1 aromatic carbocycles. The highest BCUT2D eigenvalue weighted by Gasteiger charge is 2.71. The van der Waals surface area contributed by atoms with Crippen LogP contribution in [0.15, 0.2) is 30.3 Å². The number of hydrogen-bond donors (Lipinski definition) is 2. The second-order valence-corrected chi connectivity index (χ2v) is 10.1. The van der Waals surface area contributed by atoms with Crippen molar-refractivity contribution in [1.29, 1.82) is 0 Å². The van der Waals surface area contributed by atoms with Gasteiger partial charge in [0.15, 0.2) is 5.34 Å². The summed E-state index contributed by atoms with van der Waals surface area (Å²) in [4.78, 5) is 19.3. The van der Waals surface area contributed by atoms with Crippen LogP contribution in [-0.4, -0.2) is 22.2 Å². The largest absolute Gasteiger partial charge is 0.357 e. The second kappa shape index (κ2) is 5.02. The molecule has 0 saturated carbocycles. The molecule has 1 aromatic rings. The van der Waals surface area contributed by atoms with Gasteiger partial charge in [-0.15, -0.1) is 0 Å². The minimum Gasteiger partial charge on any atom is -0.322 e. The Bertz CT molecular complexity index is 627. The minimum atomic E-state index is -4.65. The molecule has 1 aliphatic rings. The highest BCUT2D eigenvalue weighted by atomic mass is 31.2. The number of hydrogen-bond acceptors (Lipinski definition) is 4. The van der Waals surface area contributed by atoms with E-state index in [1.807, 2.05) is 6.07 Å². The van der Waals surface area contributed by atoms with E-state index in [9.17, 15) is 18.9 Å². The van der Waals surface area contributed by atoms with Crippen molar-refractivity contribution >= 4 is 15.2 Å². The van der Waals surface area contributed by atoms with Crippen molar-refractivity contribution in [3.8, 4) is 0 Å². The van der Waals surface area contributed by atoms with E-state index in [1.54, 1.807) is 38.1 Å². The molecule has 1 saturated heterocycles. The number of benzene rings is 1. The summed E-state index contributed by atoms with van der Waals surface area (Å²) in [5, 5.41) is -3.00. The van der Waals surface area contributed by atoms with Crippen LogP contribution in [0.4, 0.5) is 0 Å². The summed E-state index contributed by atoms with van der Waals surface area (Å²) in [5.41, 5.74) is 0.667. The van der Waals surface area contributed by atoms with Crippen molar-refractivity contribution in [1.82, 2.24) is 0 Å². The van der Waals surface area contributed by atoms with E-state index in [4.69, 9.17) is 9.05 Å². The Labute approximate surface area is 124 Å². The van der Waals surface area contributed by atoms with Gasteiger partial charge in [0.2, 0.25) is 0 Å². The van der Waals surface area contributed by atoms with E-state index in [-0.39, 0.29) is 0 Å². The van der Waals surface area contributed by atoms with Gasteiger partial charge in [-0.05, 0) is 19.4 Å². The molecule has 2 rings (SSSR count). The molecule has 0 aliphatic carbocycles. The zero-order valence-corrected chi connectivity index (χ0v) is 14.2. The van der Waals surface area contributed by atoms with Crippen molar-refractivity contribution in [3.05, 3.63) is 35.9 Å². The van der Waals surface area contributed by atoms with Gasteiger partial charge in [-0.1, -0.05) is 37.3 Å². The third kappa shape index (κ3) is 2.17. The summed E-state index contributed by atoms with van der Waals surface area (Å²) in [5.74, 6) is -0.709. The van der Waals surface area contributed by atoms with Crippen molar-refractivity contribution in [2.24, 2.45) is 5.92 Å². The Morgan fingerprint density at radius 2 is 1.81 bits per heavy atom. The highest BCUT2D eigenvalue weighted by Crippen LogP contribution is 2.81. The van der Waals surface area contributed by atoms with Gasteiger partial charge in [0.25, 0.3) is 0 Å². The molecule has 4 atom stereocenters. The maximum atomic E-state index is 13.1. The third-order valence-corrected chi connectivity index (χ3v) is 9.36. The molecule has 0 aromatic heterocycles. The fourth-order valence-corrected chi connectivity index (χ4v) is 6.98. The zero-order valence-electron chi connectivity index (χ0n) is 12.4. The molecular formula is C13H20O6P2. The molecule has 1 aliphatic heterocycles. The molecule has 0 amide bonds. The van der Waals surface area contributed by atoms with Crippen LogP contribution in [0.25, 0.3) is 0 Å². The summed E-state index contributed by atoms with van der Waals surface area (Å²) >= 11 is 0. The van der Waals surface area contributed by atoms with Gasteiger partial charge < -0.3 is 14.3 Å². The van der Waals surface area contributed by atoms with Gasteiger partial charge in [-0.3, -0.25) is 13.7 Å². The predicted molar refractivity (Wildman–Crippen MR) is 79.1 cm³/mol. The first-order valence-electron chi connectivity index (χ1n) is 6.51. The lowest BCUT2D eigenvalue weighted by molar-refractivity contribution is 0.102. The Kier molecular flexibility index (Phi) is 4.04. The Morgan fingerprint density at radius 3 is 2.24 bits per heavy atom. The monoisotopic (exact) mass is 334 g/mol. The lowest BCUT2D eigenvalue weighted by Gasteiger charge is -2.34. The van der Waals surface area contributed by atoms with Crippen molar-refractivity contribution in [2.45, 2.75) is 31.3 Å². The quantitative estimate of drug-likeness (QED) is 0.824. The molecule has 0 spiro atoms. The molecule has 1 fully saturated rings. The normalized spacial score (nSPS) is 40.4. The van der Waals surface area contributed by atoms with Crippen molar-refractivity contribution < 1.29 is 28.0 Å². The van der Waals surface area contributed by atoms with Gasteiger partial charge in [0.05, 0.1) is 0 Å². The van der Waals surface area contributed by atoms with Crippen LogP contribution in [0, 0.1) is 5.92 Å². The zero-order chi connectivity index (χ0) is 16.1. The van der Waals surface area contributed by atoms with Gasteiger partial charge in [0, 0.05) is 13.0 Å². The van der Waals surface area contributed by atoms with Crippen molar-refractivity contribution in [3.63, 3.8) is 0 Å². The maximum Gasteiger partial charge on any atom is 0.357 e. The Hall–Kier alpha value is -0.480. The third-order valence-electron chi connectivity index (χ3n) is 4.70. The standard InChI is InChI=1S/C13H20O6P2/c1-10-12(2,11-8-6-5-7-9-11)21(17,18-4)19-13(10,3)20(14,15)16/h5-10H,1-4H3,(H2,14,15,16). The van der Waals surface area contributed by atoms with E-state index in [2.05, 4.69) is 0 Å². The summed E-state index contributed by atoms with van der Waals surface area (Å²) in [6.45, 7) is 4.58. The summed E-state index contributed by atoms with van der Waals surface area (Å²) in [6.07, 6.45) is 0. The van der Waals surface area contributed by atoms with Gasteiger partial charge in [-0.25, -0.2) is 0 Å². The Balaban J connectivity index is 2.70. The van der Waals surface area contributed by atoms with E-state index >= 15 is 0 Å². The minimum absolute atomic E-state index is 0.667. The van der Waals surface area contributed by atoms with Crippen LogP contribution < -0.4 is 0 Å². The maximum absolute atomic E-state index is 13.1. The van der Waals surface area contributed by atoms with Gasteiger partial charge in [0.1, 0.15) is 5.16 Å². The molecule has 6 nitrogen and oxygen atoms in total. The average Bonchev–Trinajstić information content (AvgIpc) is 2.60. The highest BCUT2D eigenvalue weighted by molar-refractivity contribution is 7.59. The molecule has 21 heavy (non-hydrogen) atoms. The average molecular weight is 334 g/mol. The molecule has 0 bridgehead atoms. The van der Waals surface area contributed by atoms with Gasteiger partial charge >= 0.3 is 15.2 Å². The summed E-state index contributed by atoms with van der Waals surface area (Å²) < 4.78 is 35.5. The lowest BCUT2D eigenvalue weighted by atomic mass is 9.84. The van der Waals surface area contributed by atoms with Crippen LogP contribution in [0.3, 0.4) is 0 Å². The topological polar surface area (TPSA) is 93.1 Å². The van der Waals surface area contributed by atoms with Crippen LogP contribution >= 0.6 is 15.2 Å². The summed E-state index contributed by atoms with van der Waals surface area (Å²) in [6, 6.07) is 8.89. The second-order valence-electron chi connectivity index (χ2n) is 5.61. The molecule has 2 N–H and O–H groups in total. The summed E-state index contributed by atoms with van der Waals surface area (Å²) in [7, 11) is -7.17. The SMILES string of the molecule is COP1(=O)OC(C)(P(=O)(O)O)C(C)C1(C)c1ccccc1. The molecule has 118 valence electrons. The van der Waals surface area contributed by atoms with E-state index in [1.165, 1.54) is 14.0 Å². The number of rotatable bonds is 3. The fraction of sp³-hybridized carbons (Fsp3) is 0.538. The van der Waals surface area contributed by atoms with Crippen LogP contribution in [0.2, 0.25) is 0 Å². The molecule has 4 unspecified atom stereocenters. The van der Waals surface area contributed by atoms with E-state index in [0.717, 1.165) is 0 Å². The molecule has 1 heterocycles. The lowest BCUT2D eigenvalue weighted by Crippen LogP contribution is -2.37. The van der Waals surface area contributed by atoms with E-state index < -0.39 is 31.6 Å².